The molecule has 0 aromatic rings. The maximum absolute atomic E-state index is 5.93. The summed E-state index contributed by atoms with van der Waals surface area (Å²) in [6, 6.07) is 0.671. The highest BCUT2D eigenvalue weighted by molar-refractivity contribution is 4.87. The van der Waals surface area contributed by atoms with E-state index in [9.17, 15) is 0 Å². The molecule has 2 heteroatoms. The van der Waals surface area contributed by atoms with Crippen LogP contribution in [0, 0.1) is 11.8 Å². The van der Waals surface area contributed by atoms with Crippen LogP contribution in [0.5, 0.6) is 0 Å². The van der Waals surface area contributed by atoms with Gasteiger partial charge in [-0.1, -0.05) is 53.4 Å². The van der Waals surface area contributed by atoms with Crippen molar-refractivity contribution in [2.45, 2.75) is 91.2 Å². The molecule has 1 heterocycles. The van der Waals surface area contributed by atoms with E-state index in [0.29, 0.717) is 12.1 Å². The Morgan fingerprint density at radius 1 is 1.15 bits per heavy atom. The summed E-state index contributed by atoms with van der Waals surface area (Å²) in [5, 5.41) is 3.84. The molecule has 4 atom stereocenters. The first-order valence-electron chi connectivity index (χ1n) is 9.11. The second-order valence-corrected chi connectivity index (χ2v) is 6.48. The second-order valence-electron chi connectivity index (χ2n) is 6.48. The summed E-state index contributed by atoms with van der Waals surface area (Å²) in [7, 11) is 0. The molecule has 1 N–H and O–H groups in total. The van der Waals surface area contributed by atoms with Gasteiger partial charge in [-0.3, -0.25) is 0 Å². The molecule has 1 saturated heterocycles. The lowest BCUT2D eigenvalue weighted by Crippen LogP contribution is -2.41. The van der Waals surface area contributed by atoms with Crippen LogP contribution in [0.1, 0.15) is 79.1 Å². The highest BCUT2D eigenvalue weighted by atomic mass is 16.5. The quantitative estimate of drug-likeness (QED) is 0.589. The van der Waals surface area contributed by atoms with E-state index < -0.39 is 0 Å². The van der Waals surface area contributed by atoms with E-state index in [1.54, 1.807) is 0 Å². The number of hydrogen-bond acceptors (Lipinski definition) is 2. The molecule has 1 aliphatic rings. The summed E-state index contributed by atoms with van der Waals surface area (Å²) in [5.74, 6) is 1.63. The molecular weight excluding hydrogens is 246 g/mol. The van der Waals surface area contributed by atoms with Crippen LogP contribution in [0.15, 0.2) is 0 Å². The molecule has 0 aromatic heterocycles. The minimum absolute atomic E-state index is 0.494. The lowest BCUT2D eigenvalue weighted by molar-refractivity contribution is 0.0738. The van der Waals surface area contributed by atoms with E-state index in [1.165, 1.54) is 51.4 Å². The minimum Gasteiger partial charge on any atom is -0.378 e. The van der Waals surface area contributed by atoms with Crippen LogP contribution < -0.4 is 5.32 Å². The molecule has 0 bridgehead atoms. The van der Waals surface area contributed by atoms with Crippen LogP contribution in [0.2, 0.25) is 0 Å². The molecule has 120 valence electrons. The molecule has 0 amide bonds. The fraction of sp³-hybridized carbons (Fsp3) is 1.00. The highest BCUT2D eigenvalue weighted by Gasteiger charge is 2.34. The Labute approximate surface area is 127 Å². The first-order valence-corrected chi connectivity index (χ1v) is 9.11. The summed E-state index contributed by atoms with van der Waals surface area (Å²) >= 11 is 0. The maximum atomic E-state index is 5.93. The van der Waals surface area contributed by atoms with Gasteiger partial charge in [0.1, 0.15) is 0 Å². The predicted molar refractivity (Wildman–Crippen MR) is 88.1 cm³/mol. The third-order valence-electron chi connectivity index (χ3n) is 4.97. The Kier molecular flexibility index (Phi) is 9.54. The van der Waals surface area contributed by atoms with Crippen LogP contribution >= 0.6 is 0 Å². The van der Waals surface area contributed by atoms with Crippen molar-refractivity contribution in [2.75, 3.05) is 13.2 Å². The van der Waals surface area contributed by atoms with Crippen molar-refractivity contribution in [1.82, 2.24) is 5.32 Å². The molecule has 1 aliphatic heterocycles. The summed E-state index contributed by atoms with van der Waals surface area (Å²) in [4.78, 5) is 0. The van der Waals surface area contributed by atoms with E-state index in [0.717, 1.165) is 25.0 Å². The third kappa shape index (κ3) is 5.73. The largest absolute Gasteiger partial charge is 0.378 e. The normalized spacial score (nSPS) is 25.8. The highest BCUT2D eigenvalue weighted by Crippen LogP contribution is 2.31. The Morgan fingerprint density at radius 3 is 2.55 bits per heavy atom. The summed E-state index contributed by atoms with van der Waals surface area (Å²) in [5.41, 5.74) is 0. The van der Waals surface area contributed by atoms with Crippen molar-refractivity contribution in [3.8, 4) is 0 Å². The Bertz CT molecular complexity index is 231. The van der Waals surface area contributed by atoms with Gasteiger partial charge < -0.3 is 10.1 Å². The first kappa shape index (κ1) is 18.0. The van der Waals surface area contributed by atoms with Crippen LogP contribution in [0.4, 0.5) is 0 Å². The fourth-order valence-electron chi connectivity index (χ4n) is 3.63. The van der Waals surface area contributed by atoms with Gasteiger partial charge in [-0.05, 0) is 38.1 Å². The Hall–Kier alpha value is -0.0800. The smallest absolute Gasteiger partial charge is 0.0616 e. The number of ether oxygens (including phenoxy) is 1. The lowest BCUT2D eigenvalue weighted by atomic mass is 9.83. The second kappa shape index (κ2) is 10.6. The number of nitrogens with one attached hydrogen (secondary N) is 1. The van der Waals surface area contributed by atoms with Crippen molar-refractivity contribution in [1.29, 1.82) is 0 Å². The van der Waals surface area contributed by atoms with Gasteiger partial charge in [0.2, 0.25) is 0 Å². The van der Waals surface area contributed by atoms with Crippen molar-refractivity contribution in [3.05, 3.63) is 0 Å². The minimum atomic E-state index is 0.494. The molecule has 2 nitrogen and oxygen atoms in total. The fourth-order valence-corrected chi connectivity index (χ4v) is 3.63. The maximum Gasteiger partial charge on any atom is 0.0616 e. The van der Waals surface area contributed by atoms with Gasteiger partial charge in [0, 0.05) is 18.6 Å². The molecule has 0 saturated carbocycles. The zero-order valence-corrected chi connectivity index (χ0v) is 14.3. The Balaban J connectivity index is 2.57. The van der Waals surface area contributed by atoms with Gasteiger partial charge in [0.15, 0.2) is 0 Å². The molecule has 1 fully saturated rings. The molecule has 4 unspecified atom stereocenters. The van der Waals surface area contributed by atoms with Crippen LogP contribution in [0.3, 0.4) is 0 Å². The van der Waals surface area contributed by atoms with E-state index in [-0.39, 0.29) is 0 Å². The SMILES string of the molecule is CCCCC(CC)CC(NCCC)C1CCOC1CC. The average Bonchev–Trinajstić information content (AvgIpc) is 2.95. The van der Waals surface area contributed by atoms with Gasteiger partial charge in [-0.15, -0.1) is 0 Å². The monoisotopic (exact) mass is 283 g/mol. The first-order chi connectivity index (χ1) is 9.76. The van der Waals surface area contributed by atoms with Crippen molar-refractivity contribution >= 4 is 0 Å². The topological polar surface area (TPSA) is 21.3 Å². The van der Waals surface area contributed by atoms with Crippen molar-refractivity contribution in [2.24, 2.45) is 11.8 Å². The third-order valence-corrected chi connectivity index (χ3v) is 4.97. The predicted octanol–water partition coefficient (Wildman–Crippen LogP) is 4.78. The molecule has 20 heavy (non-hydrogen) atoms. The molecule has 0 radical (unpaired) electrons. The number of hydrogen-bond donors (Lipinski definition) is 1. The van der Waals surface area contributed by atoms with Gasteiger partial charge in [-0.25, -0.2) is 0 Å². The van der Waals surface area contributed by atoms with Gasteiger partial charge in [-0.2, -0.15) is 0 Å². The number of unbranched alkanes of at least 4 members (excludes halogenated alkanes) is 1. The molecule has 1 rings (SSSR count). The average molecular weight is 284 g/mol. The standard InChI is InChI=1S/C18H37NO/c1-5-9-10-15(7-3)14-17(19-12-6-2)16-11-13-20-18(16)8-4/h15-19H,5-14H2,1-4H3. The van der Waals surface area contributed by atoms with Crippen LogP contribution in [0.25, 0.3) is 0 Å². The summed E-state index contributed by atoms with van der Waals surface area (Å²) in [6.45, 7) is 11.3. The van der Waals surface area contributed by atoms with E-state index >= 15 is 0 Å². The molecular formula is C18H37NO. The number of rotatable bonds is 11. The van der Waals surface area contributed by atoms with Crippen molar-refractivity contribution < 1.29 is 4.74 Å². The zero-order chi connectivity index (χ0) is 14.8. The zero-order valence-electron chi connectivity index (χ0n) is 14.3. The summed E-state index contributed by atoms with van der Waals surface area (Å²) in [6.07, 6.45) is 10.9. The van der Waals surface area contributed by atoms with Gasteiger partial charge in [0.25, 0.3) is 0 Å². The lowest BCUT2D eigenvalue weighted by Gasteiger charge is -2.31. The molecule has 0 aromatic carbocycles. The molecule has 0 spiro atoms. The Morgan fingerprint density at radius 2 is 1.95 bits per heavy atom. The van der Waals surface area contributed by atoms with Crippen molar-refractivity contribution in [3.63, 3.8) is 0 Å². The summed E-state index contributed by atoms with van der Waals surface area (Å²) < 4.78 is 5.93. The van der Waals surface area contributed by atoms with E-state index in [1.807, 2.05) is 0 Å². The van der Waals surface area contributed by atoms with Crippen LogP contribution in [-0.4, -0.2) is 25.3 Å². The van der Waals surface area contributed by atoms with Gasteiger partial charge >= 0.3 is 0 Å². The van der Waals surface area contributed by atoms with E-state index in [2.05, 4.69) is 33.0 Å². The van der Waals surface area contributed by atoms with Crippen LogP contribution in [-0.2, 0) is 4.74 Å². The van der Waals surface area contributed by atoms with Gasteiger partial charge in [0.05, 0.1) is 6.10 Å². The molecule has 0 aliphatic carbocycles. The van der Waals surface area contributed by atoms with E-state index in [4.69, 9.17) is 4.74 Å².